The third kappa shape index (κ3) is 6.04. The fourth-order valence-corrected chi connectivity index (χ4v) is 3.05. The van der Waals surface area contributed by atoms with E-state index < -0.39 is 23.3 Å². The summed E-state index contributed by atoms with van der Waals surface area (Å²) in [6.07, 6.45) is 4.15. The van der Waals surface area contributed by atoms with E-state index in [1.807, 2.05) is 0 Å². The highest BCUT2D eigenvalue weighted by Crippen LogP contribution is 2.27. The van der Waals surface area contributed by atoms with E-state index in [0.29, 0.717) is 31.0 Å². The van der Waals surface area contributed by atoms with Crippen LogP contribution in [0.2, 0.25) is 5.15 Å². The molecule has 2 rings (SSSR count). The third-order valence-corrected chi connectivity index (χ3v) is 4.25. The Hall–Kier alpha value is -1.93. The van der Waals surface area contributed by atoms with Crippen LogP contribution in [-0.2, 0) is 25.4 Å². The van der Waals surface area contributed by atoms with Crippen LogP contribution in [0.1, 0.15) is 39.3 Å². The lowest BCUT2D eigenvalue weighted by Crippen LogP contribution is -2.58. The zero-order chi connectivity index (χ0) is 20.1. The Morgan fingerprint density at radius 1 is 1.37 bits per heavy atom. The molecule has 1 aliphatic heterocycles. The Kier molecular flexibility index (Phi) is 7.00. The SMILES string of the molecule is COC(=O)C1(CCCc2cncc(Cl)n2)CN(C(=O)OC(C)(C)C)CCO1. The van der Waals surface area contributed by atoms with Crippen LogP contribution in [0, 0.1) is 0 Å². The predicted molar refractivity (Wildman–Crippen MR) is 98.5 cm³/mol. The molecule has 1 aromatic rings. The summed E-state index contributed by atoms with van der Waals surface area (Å²) in [4.78, 5) is 34.6. The molecule has 1 aromatic heterocycles. The maximum atomic E-state index is 12.5. The number of hydrogen-bond acceptors (Lipinski definition) is 7. The van der Waals surface area contributed by atoms with Gasteiger partial charge in [0.1, 0.15) is 10.8 Å². The van der Waals surface area contributed by atoms with Gasteiger partial charge in [-0.2, -0.15) is 0 Å². The maximum absolute atomic E-state index is 12.5. The monoisotopic (exact) mass is 399 g/mol. The summed E-state index contributed by atoms with van der Waals surface area (Å²) in [5, 5.41) is 0.320. The lowest BCUT2D eigenvalue weighted by molar-refractivity contribution is -0.181. The van der Waals surface area contributed by atoms with Gasteiger partial charge in [-0.05, 0) is 40.0 Å². The van der Waals surface area contributed by atoms with E-state index in [1.54, 1.807) is 27.0 Å². The van der Waals surface area contributed by atoms with Crippen LogP contribution >= 0.6 is 11.6 Å². The minimum atomic E-state index is -1.23. The number of methoxy groups -OCH3 is 1. The minimum absolute atomic E-state index is 0.0792. The molecule has 0 saturated carbocycles. The van der Waals surface area contributed by atoms with Crippen LogP contribution in [0.5, 0.6) is 0 Å². The number of aromatic nitrogens is 2. The summed E-state index contributed by atoms with van der Waals surface area (Å²) >= 11 is 5.85. The van der Waals surface area contributed by atoms with Crippen LogP contribution < -0.4 is 0 Å². The number of esters is 1. The molecule has 1 amide bonds. The molecule has 0 spiro atoms. The summed E-state index contributed by atoms with van der Waals surface area (Å²) in [5.41, 5.74) is -1.12. The van der Waals surface area contributed by atoms with Crippen molar-refractivity contribution in [2.24, 2.45) is 0 Å². The molecule has 2 heterocycles. The van der Waals surface area contributed by atoms with Crippen molar-refractivity contribution in [1.29, 1.82) is 0 Å². The van der Waals surface area contributed by atoms with E-state index in [2.05, 4.69) is 9.97 Å². The molecule has 1 fully saturated rings. The van der Waals surface area contributed by atoms with Gasteiger partial charge in [-0.25, -0.2) is 14.6 Å². The molecule has 0 aliphatic carbocycles. The fraction of sp³-hybridized carbons (Fsp3) is 0.667. The van der Waals surface area contributed by atoms with Gasteiger partial charge in [-0.1, -0.05) is 11.6 Å². The summed E-state index contributed by atoms with van der Waals surface area (Å²) in [6, 6.07) is 0. The minimum Gasteiger partial charge on any atom is -0.467 e. The quantitative estimate of drug-likeness (QED) is 0.703. The number of morpholine rings is 1. The van der Waals surface area contributed by atoms with Gasteiger partial charge < -0.3 is 19.1 Å². The van der Waals surface area contributed by atoms with E-state index >= 15 is 0 Å². The zero-order valence-corrected chi connectivity index (χ0v) is 16.9. The van der Waals surface area contributed by atoms with Gasteiger partial charge in [0.15, 0.2) is 5.60 Å². The Balaban J connectivity index is 2.06. The van der Waals surface area contributed by atoms with Gasteiger partial charge in [-0.3, -0.25) is 4.98 Å². The van der Waals surface area contributed by atoms with Crippen LogP contribution in [-0.4, -0.2) is 64.9 Å². The van der Waals surface area contributed by atoms with E-state index in [4.69, 9.17) is 25.8 Å². The topological polar surface area (TPSA) is 90.9 Å². The number of carbonyl (C=O) groups excluding carboxylic acids is 2. The number of hydrogen-bond donors (Lipinski definition) is 0. The highest BCUT2D eigenvalue weighted by Gasteiger charge is 2.46. The Morgan fingerprint density at radius 3 is 2.74 bits per heavy atom. The second-order valence-electron chi connectivity index (χ2n) is 7.42. The van der Waals surface area contributed by atoms with E-state index in [1.165, 1.54) is 18.2 Å². The first-order valence-corrected chi connectivity index (χ1v) is 9.20. The molecule has 27 heavy (non-hydrogen) atoms. The maximum Gasteiger partial charge on any atom is 0.410 e. The van der Waals surface area contributed by atoms with E-state index in [9.17, 15) is 9.59 Å². The van der Waals surface area contributed by atoms with Crippen molar-refractivity contribution in [1.82, 2.24) is 14.9 Å². The first-order valence-electron chi connectivity index (χ1n) is 8.82. The van der Waals surface area contributed by atoms with Crippen molar-refractivity contribution >= 4 is 23.7 Å². The fourth-order valence-electron chi connectivity index (χ4n) is 2.88. The van der Waals surface area contributed by atoms with Crippen LogP contribution in [0.15, 0.2) is 12.4 Å². The standard InChI is InChI=1S/C18H26ClN3O5/c1-17(2,3)27-16(24)22-8-9-26-18(12-22,15(23)25-4)7-5-6-13-10-20-11-14(19)21-13/h10-11H,5-9,12H2,1-4H3. The smallest absolute Gasteiger partial charge is 0.410 e. The highest BCUT2D eigenvalue weighted by molar-refractivity contribution is 6.29. The van der Waals surface area contributed by atoms with Crippen molar-refractivity contribution in [3.8, 4) is 0 Å². The average molecular weight is 400 g/mol. The van der Waals surface area contributed by atoms with Crippen molar-refractivity contribution in [3.63, 3.8) is 0 Å². The van der Waals surface area contributed by atoms with Crippen molar-refractivity contribution in [2.45, 2.75) is 51.2 Å². The lowest BCUT2D eigenvalue weighted by atomic mass is 9.94. The normalized spacial score (nSPS) is 20.3. The Morgan fingerprint density at radius 2 is 2.11 bits per heavy atom. The summed E-state index contributed by atoms with van der Waals surface area (Å²) < 4.78 is 16.2. The van der Waals surface area contributed by atoms with Gasteiger partial charge >= 0.3 is 12.1 Å². The second-order valence-corrected chi connectivity index (χ2v) is 7.81. The molecule has 1 unspecified atom stereocenters. The van der Waals surface area contributed by atoms with Crippen molar-refractivity contribution in [2.75, 3.05) is 26.8 Å². The first kappa shape index (κ1) is 21.4. The molecule has 0 radical (unpaired) electrons. The Labute approximate surface area is 164 Å². The molecule has 9 heteroatoms. The van der Waals surface area contributed by atoms with Gasteiger partial charge in [0, 0.05) is 12.7 Å². The number of amides is 1. The molecule has 1 aliphatic rings. The molecule has 0 bridgehead atoms. The molecule has 1 atom stereocenters. The van der Waals surface area contributed by atoms with Gasteiger partial charge in [-0.15, -0.1) is 0 Å². The molecule has 1 saturated heterocycles. The van der Waals surface area contributed by atoms with Gasteiger partial charge in [0.25, 0.3) is 0 Å². The van der Waals surface area contributed by atoms with Crippen LogP contribution in [0.4, 0.5) is 4.79 Å². The number of halogens is 1. The lowest BCUT2D eigenvalue weighted by Gasteiger charge is -2.40. The van der Waals surface area contributed by atoms with Crippen LogP contribution in [0.3, 0.4) is 0 Å². The summed E-state index contributed by atoms with van der Waals surface area (Å²) in [6.45, 7) is 6.05. The highest BCUT2D eigenvalue weighted by atomic mass is 35.5. The molecule has 150 valence electrons. The van der Waals surface area contributed by atoms with Gasteiger partial charge in [0.2, 0.25) is 0 Å². The zero-order valence-electron chi connectivity index (χ0n) is 16.2. The molecule has 8 nitrogen and oxygen atoms in total. The Bertz CT molecular complexity index is 679. The number of ether oxygens (including phenoxy) is 3. The number of aryl methyl sites for hydroxylation is 1. The predicted octanol–water partition coefficient (Wildman–Crippen LogP) is 2.63. The number of rotatable bonds is 5. The van der Waals surface area contributed by atoms with Crippen LogP contribution in [0.25, 0.3) is 0 Å². The number of carbonyl (C=O) groups is 2. The first-order chi connectivity index (χ1) is 12.6. The van der Waals surface area contributed by atoms with Gasteiger partial charge in [0.05, 0.1) is 32.2 Å². The largest absolute Gasteiger partial charge is 0.467 e. The number of nitrogens with zero attached hydrogens (tertiary/aromatic N) is 3. The van der Waals surface area contributed by atoms with Crippen molar-refractivity contribution in [3.05, 3.63) is 23.2 Å². The average Bonchev–Trinajstić information content (AvgIpc) is 2.60. The third-order valence-electron chi connectivity index (χ3n) is 4.06. The van der Waals surface area contributed by atoms with E-state index in [-0.39, 0.29) is 13.2 Å². The summed E-state index contributed by atoms with van der Waals surface area (Å²) in [7, 11) is 1.31. The molecule has 0 N–H and O–H groups in total. The van der Waals surface area contributed by atoms with Crippen molar-refractivity contribution < 1.29 is 23.8 Å². The van der Waals surface area contributed by atoms with E-state index in [0.717, 1.165) is 5.69 Å². The summed E-state index contributed by atoms with van der Waals surface area (Å²) in [5.74, 6) is -0.507. The second kappa shape index (κ2) is 8.84. The molecular weight excluding hydrogens is 374 g/mol. The molecule has 0 aromatic carbocycles. The molecular formula is C18H26ClN3O5.